The summed E-state index contributed by atoms with van der Waals surface area (Å²) < 4.78 is 22.1. The van der Waals surface area contributed by atoms with Crippen LogP contribution in [0.5, 0.6) is 11.6 Å². The third-order valence-corrected chi connectivity index (χ3v) is 5.22. The first-order chi connectivity index (χ1) is 13.1. The molecule has 27 heavy (non-hydrogen) atoms. The van der Waals surface area contributed by atoms with E-state index < -0.39 is 5.82 Å². The molecule has 0 spiro atoms. The van der Waals surface area contributed by atoms with Crippen molar-refractivity contribution in [1.82, 2.24) is 9.55 Å². The first-order valence-corrected chi connectivity index (χ1v) is 8.84. The standard InChI is InChI=1S/C21H18FN3O2/c1-27-16-5-3-2-4-12(16)17-14(22)9-8-13-19(23)18-15(24-20(13)17)10-25(21(18)26)11-6-7-11/h2-5,8-11,26H,6-7,23H2,1H3. The molecule has 136 valence electrons. The molecule has 1 fully saturated rings. The van der Waals surface area contributed by atoms with Gasteiger partial charge in [-0.25, -0.2) is 9.37 Å². The second kappa shape index (κ2) is 5.61. The van der Waals surface area contributed by atoms with Gasteiger partial charge in [-0.05, 0) is 31.0 Å². The van der Waals surface area contributed by atoms with E-state index in [1.54, 1.807) is 31.5 Å². The molecular formula is C21H18FN3O2. The Labute approximate surface area is 154 Å². The number of hydrogen-bond donors (Lipinski definition) is 2. The van der Waals surface area contributed by atoms with Crippen LogP contribution in [0, 0.1) is 5.82 Å². The zero-order chi connectivity index (χ0) is 18.7. The van der Waals surface area contributed by atoms with E-state index in [0.29, 0.717) is 44.4 Å². The number of aromatic hydroxyl groups is 1. The van der Waals surface area contributed by atoms with Gasteiger partial charge >= 0.3 is 0 Å². The second-order valence-electron chi connectivity index (χ2n) is 6.90. The summed E-state index contributed by atoms with van der Waals surface area (Å²) in [6, 6.07) is 10.5. The van der Waals surface area contributed by atoms with Crippen molar-refractivity contribution in [1.29, 1.82) is 0 Å². The van der Waals surface area contributed by atoms with E-state index in [9.17, 15) is 9.50 Å². The van der Waals surface area contributed by atoms with Crippen LogP contribution in [0.15, 0.2) is 42.6 Å². The van der Waals surface area contributed by atoms with Gasteiger partial charge in [0.05, 0.1) is 29.2 Å². The lowest BCUT2D eigenvalue weighted by atomic mass is 9.99. The maximum atomic E-state index is 14.9. The van der Waals surface area contributed by atoms with Crippen LogP contribution in [0.4, 0.5) is 10.1 Å². The van der Waals surface area contributed by atoms with Gasteiger partial charge in [0.2, 0.25) is 5.88 Å². The summed E-state index contributed by atoms with van der Waals surface area (Å²) >= 11 is 0. The quantitative estimate of drug-likeness (QED) is 0.557. The molecule has 0 radical (unpaired) electrons. The summed E-state index contributed by atoms with van der Waals surface area (Å²) in [5.41, 5.74) is 8.77. The van der Waals surface area contributed by atoms with E-state index in [1.165, 1.54) is 6.07 Å². The minimum absolute atomic E-state index is 0.127. The first-order valence-electron chi connectivity index (χ1n) is 8.84. The molecule has 3 N–H and O–H groups in total. The normalized spacial score (nSPS) is 14.1. The molecule has 1 saturated carbocycles. The number of pyridine rings is 1. The summed E-state index contributed by atoms with van der Waals surface area (Å²) in [6.45, 7) is 0. The third-order valence-electron chi connectivity index (χ3n) is 5.22. The van der Waals surface area contributed by atoms with Gasteiger partial charge in [0.15, 0.2) is 0 Å². The summed E-state index contributed by atoms with van der Waals surface area (Å²) in [4.78, 5) is 4.69. The van der Waals surface area contributed by atoms with Crippen LogP contribution < -0.4 is 10.5 Å². The van der Waals surface area contributed by atoms with Gasteiger partial charge in [0.25, 0.3) is 0 Å². The maximum Gasteiger partial charge on any atom is 0.203 e. The number of anilines is 1. The van der Waals surface area contributed by atoms with E-state index in [4.69, 9.17) is 10.5 Å². The minimum atomic E-state index is -0.399. The van der Waals surface area contributed by atoms with Crippen molar-refractivity contribution in [2.75, 3.05) is 12.8 Å². The smallest absolute Gasteiger partial charge is 0.203 e. The summed E-state index contributed by atoms with van der Waals surface area (Å²) in [5.74, 6) is 0.287. The number of methoxy groups -OCH3 is 1. The molecule has 0 aliphatic heterocycles. The minimum Gasteiger partial charge on any atom is -0.496 e. The number of benzene rings is 2. The van der Waals surface area contributed by atoms with Crippen LogP contribution >= 0.6 is 0 Å². The average molecular weight is 363 g/mol. The van der Waals surface area contributed by atoms with Crippen molar-refractivity contribution < 1.29 is 14.2 Å². The number of fused-ring (bicyclic) bond motifs is 2. The molecule has 2 aromatic carbocycles. The number of ether oxygens (including phenoxy) is 1. The van der Waals surface area contributed by atoms with Crippen molar-refractivity contribution in [3.05, 3.63) is 48.4 Å². The predicted molar refractivity (Wildman–Crippen MR) is 104 cm³/mol. The number of nitrogens with zero attached hydrogens (tertiary/aromatic N) is 2. The zero-order valence-electron chi connectivity index (χ0n) is 14.7. The van der Waals surface area contributed by atoms with E-state index in [2.05, 4.69) is 4.98 Å². The molecule has 5 nitrogen and oxygen atoms in total. The molecule has 1 aliphatic rings. The number of rotatable bonds is 3. The van der Waals surface area contributed by atoms with Gasteiger partial charge in [-0.1, -0.05) is 18.2 Å². The third kappa shape index (κ3) is 2.26. The second-order valence-corrected chi connectivity index (χ2v) is 6.90. The van der Waals surface area contributed by atoms with Crippen LogP contribution in [-0.2, 0) is 0 Å². The Hall–Kier alpha value is -3.28. The number of aromatic nitrogens is 2. The maximum absolute atomic E-state index is 14.9. The van der Waals surface area contributed by atoms with Crippen molar-refractivity contribution in [3.8, 4) is 22.8 Å². The Morgan fingerprint density at radius 3 is 2.74 bits per heavy atom. The molecule has 4 aromatic rings. The Bertz CT molecular complexity index is 1210. The fourth-order valence-corrected chi connectivity index (χ4v) is 3.74. The van der Waals surface area contributed by atoms with Gasteiger partial charge in [0, 0.05) is 28.8 Å². The SMILES string of the molecule is COc1ccccc1-c1c(F)ccc2c(N)c3c(O)n(C4CC4)cc3nc12. The van der Waals surface area contributed by atoms with Crippen LogP contribution in [0.3, 0.4) is 0 Å². The highest BCUT2D eigenvalue weighted by Gasteiger charge is 2.28. The largest absolute Gasteiger partial charge is 0.496 e. The number of nitrogen functional groups attached to an aromatic ring is 1. The molecule has 0 unspecified atom stereocenters. The van der Waals surface area contributed by atoms with E-state index in [-0.39, 0.29) is 11.9 Å². The van der Waals surface area contributed by atoms with Gasteiger partial charge in [-0.3, -0.25) is 0 Å². The number of hydrogen-bond acceptors (Lipinski definition) is 4. The van der Waals surface area contributed by atoms with Crippen LogP contribution in [0.1, 0.15) is 18.9 Å². The van der Waals surface area contributed by atoms with E-state index in [1.807, 2.05) is 16.7 Å². The summed E-state index contributed by atoms with van der Waals surface area (Å²) in [7, 11) is 1.55. The first kappa shape index (κ1) is 15.9. The van der Waals surface area contributed by atoms with E-state index in [0.717, 1.165) is 12.8 Å². The fourth-order valence-electron chi connectivity index (χ4n) is 3.74. The lowest BCUT2D eigenvalue weighted by molar-refractivity contribution is 0.416. The van der Waals surface area contributed by atoms with Gasteiger partial charge in [-0.2, -0.15) is 0 Å². The number of halogens is 1. The Morgan fingerprint density at radius 2 is 2.00 bits per heavy atom. The van der Waals surface area contributed by atoms with Crippen molar-refractivity contribution in [3.63, 3.8) is 0 Å². The molecule has 0 saturated heterocycles. The van der Waals surface area contributed by atoms with Gasteiger partial charge in [0.1, 0.15) is 11.6 Å². The highest BCUT2D eigenvalue weighted by Crippen LogP contribution is 2.45. The topological polar surface area (TPSA) is 73.3 Å². The van der Waals surface area contributed by atoms with Crippen LogP contribution in [0.25, 0.3) is 32.9 Å². The monoisotopic (exact) mass is 363 g/mol. The Kier molecular flexibility index (Phi) is 3.31. The van der Waals surface area contributed by atoms with Gasteiger partial charge in [-0.15, -0.1) is 0 Å². The summed E-state index contributed by atoms with van der Waals surface area (Å²) in [5, 5.41) is 11.7. The molecule has 2 aromatic heterocycles. The highest BCUT2D eigenvalue weighted by molar-refractivity contribution is 6.12. The fraction of sp³-hybridized carbons (Fsp3) is 0.190. The lowest BCUT2D eigenvalue weighted by Gasteiger charge is -2.13. The molecule has 5 rings (SSSR count). The average Bonchev–Trinajstić information content (AvgIpc) is 3.46. The number of para-hydroxylation sites is 1. The predicted octanol–water partition coefficient (Wildman–Crippen LogP) is 4.63. The van der Waals surface area contributed by atoms with Crippen LogP contribution in [-0.4, -0.2) is 21.8 Å². The highest BCUT2D eigenvalue weighted by atomic mass is 19.1. The molecule has 0 amide bonds. The van der Waals surface area contributed by atoms with E-state index >= 15 is 0 Å². The molecule has 2 heterocycles. The molecular weight excluding hydrogens is 345 g/mol. The molecule has 1 aliphatic carbocycles. The van der Waals surface area contributed by atoms with Gasteiger partial charge < -0.3 is 20.1 Å². The zero-order valence-corrected chi connectivity index (χ0v) is 14.7. The molecule has 6 heteroatoms. The Morgan fingerprint density at radius 1 is 1.22 bits per heavy atom. The molecule has 0 atom stereocenters. The van der Waals surface area contributed by atoms with Crippen molar-refractivity contribution in [2.45, 2.75) is 18.9 Å². The molecule has 0 bridgehead atoms. The Balaban J connectivity index is 1.89. The number of nitrogens with two attached hydrogens (primary N) is 1. The van der Waals surface area contributed by atoms with Crippen molar-refractivity contribution in [2.24, 2.45) is 0 Å². The summed E-state index contributed by atoms with van der Waals surface area (Å²) in [6.07, 6.45) is 3.85. The lowest BCUT2D eigenvalue weighted by Crippen LogP contribution is -1.97. The van der Waals surface area contributed by atoms with Crippen LogP contribution in [0.2, 0.25) is 0 Å². The van der Waals surface area contributed by atoms with Crippen molar-refractivity contribution >= 4 is 27.5 Å².